The third kappa shape index (κ3) is 9.44. The van der Waals surface area contributed by atoms with Crippen LogP contribution in [0.2, 0.25) is 0 Å². The average molecular weight is 531 g/mol. The van der Waals surface area contributed by atoms with Crippen LogP contribution in [-0.2, 0) is 6.42 Å². The summed E-state index contributed by atoms with van der Waals surface area (Å²) in [6.45, 7) is 9.29. The van der Waals surface area contributed by atoms with Gasteiger partial charge in [0.15, 0.2) is 0 Å². The highest BCUT2D eigenvalue weighted by Crippen LogP contribution is 2.45. The second-order valence-corrected chi connectivity index (χ2v) is 11.8. The molecule has 2 heteroatoms. The van der Waals surface area contributed by atoms with Crippen molar-refractivity contribution in [3.8, 4) is 0 Å². The van der Waals surface area contributed by atoms with Gasteiger partial charge in [-0.15, -0.1) is 0 Å². The Balaban J connectivity index is 1.70. The van der Waals surface area contributed by atoms with Crippen LogP contribution in [0.25, 0.3) is 0 Å². The molecule has 39 heavy (non-hydrogen) atoms. The molecule has 2 nitrogen and oxygen atoms in total. The van der Waals surface area contributed by atoms with E-state index in [1.54, 1.807) is 0 Å². The maximum Gasteiger partial charge on any atom is 0.123 e. The lowest BCUT2D eigenvalue weighted by atomic mass is 9.78. The standard InChI is InChI=1S/C37H58N2/c1-4-7-9-10-11-12-13-14-15-16-24-30-39-32-31-38(29-23-8-5-2)37(39,33-34-25-19-17-20-26-34)36(6-3)35-27-21-18-22-28-35/h17-22,25-28,31-32,36H,4-16,23-24,29-30,33H2,1-3H3. The highest BCUT2D eigenvalue weighted by Gasteiger charge is 2.49. The van der Waals surface area contributed by atoms with E-state index in [-0.39, 0.29) is 5.66 Å². The molecular formula is C37H58N2. The number of nitrogens with zero attached hydrogens (tertiary/aromatic N) is 2. The molecule has 0 N–H and O–H groups in total. The van der Waals surface area contributed by atoms with Gasteiger partial charge in [0.1, 0.15) is 5.66 Å². The summed E-state index contributed by atoms with van der Waals surface area (Å²) >= 11 is 0. The van der Waals surface area contributed by atoms with E-state index < -0.39 is 0 Å². The first-order chi connectivity index (χ1) is 19.3. The van der Waals surface area contributed by atoms with Crippen molar-refractivity contribution in [1.82, 2.24) is 9.80 Å². The summed E-state index contributed by atoms with van der Waals surface area (Å²) in [5.74, 6) is 0.447. The molecule has 1 heterocycles. The Morgan fingerprint density at radius 1 is 0.538 bits per heavy atom. The largest absolute Gasteiger partial charge is 0.353 e. The number of hydrogen-bond donors (Lipinski definition) is 0. The Labute approximate surface area is 241 Å². The molecule has 0 bridgehead atoms. The zero-order chi connectivity index (χ0) is 27.6. The summed E-state index contributed by atoms with van der Waals surface area (Å²) in [5.41, 5.74) is 2.87. The molecule has 0 spiro atoms. The predicted molar refractivity (Wildman–Crippen MR) is 171 cm³/mol. The zero-order valence-corrected chi connectivity index (χ0v) is 25.6. The lowest BCUT2D eigenvalue weighted by Gasteiger charge is -2.51. The molecule has 2 aromatic carbocycles. The summed E-state index contributed by atoms with van der Waals surface area (Å²) < 4.78 is 0. The molecule has 0 fully saturated rings. The average Bonchev–Trinajstić information content (AvgIpc) is 3.30. The van der Waals surface area contributed by atoms with E-state index in [1.165, 1.54) is 101 Å². The second-order valence-electron chi connectivity index (χ2n) is 11.8. The van der Waals surface area contributed by atoms with E-state index in [9.17, 15) is 0 Å². The van der Waals surface area contributed by atoms with E-state index in [0.29, 0.717) is 5.92 Å². The topological polar surface area (TPSA) is 6.48 Å². The SMILES string of the molecule is CCCCCCCCCCCCCN1C=CN(CCCCC)C1(Cc1ccccc1)C(CC)c1ccccc1. The Bertz CT molecular complexity index is 892. The Kier molecular flexibility index (Phi) is 14.6. The van der Waals surface area contributed by atoms with Crippen molar-refractivity contribution < 1.29 is 0 Å². The normalized spacial score (nSPS) is 17.7. The first kappa shape index (κ1) is 31.3. The fourth-order valence-electron chi connectivity index (χ4n) is 6.74. The van der Waals surface area contributed by atoms with Gasteiger partial charge in [-0.05, 0) is 30.4 Å². The highest BCUT2D eigenvalue weighted by atomic mass is 15.4. The van der Waals surface area contributed by atoms with Crippen molar-refractivity contribution in [2.75, 3.05) is 13.1 Å². The molecule has 0 aromatic heterocycles. The third-order valence-corrected chi connectivity index (χ3v) is 8.90. The van der Waals surface area contributed by atoms with Crippen LogP contribution in [-0.4, -0.2) is 28.6 Å². The molecule has 0 radical (unpaired) electrons. The van der Waals surface area contributed by atoms with Gasteiger partial charge in [-0.1, -0.05) is 158 Å². The second kappa shape index (κ2) is 18.2. The molecule has 2 unspecified atom stereocenters. The lowest BCUT2D eigenvalue weighted by Crippen LogP contribution is -2.59. The van der Waals surface area contributed by atoms with Gasteiger partial charge in [-0.2, -0.15) is 0 Å². The van der Waals surface area contributed by atoms with Crippen molar-refractivity contribution >= 4 is 0 Å². The van der Waals surface area contributed by atoms with Crippen molar-refractivity contribution in [2.45, 2.75) is 135 Å². The summed E-state index contributed by atoms with van der Waals surface area (Å²) in [4.78, 5) is 5.48. The Hall–Kier alpha value is -2.22. The van der Waals surface area contributed by atoms with Crippen LogP contribution in [0.4, 0.5) is 0 Å². The molecule has 3 rings (SSSR count). The van der Waals surface area contributed by atoms with E-state index in [2.05, 4.69) is 104 Å². The van der Waals surface area contributed by atoms with Crippen LogP contribution in [0, 0.1) is 0 Å². The molecular weight excluding hydrogens is 472 g/mol. The molecule has 216 valence electrons. The molecule has 0 amide bonds. The van der Waals surface area contributed by atoms with Gasteiger partial charge >= 0.3 is 0 Å². The van der Waals surface area contributed by atoms with Gasteiger partial charge in [-0.25, -0.2) is 0 Å². The summed E-state index contributed by atoms with van der Waals surface area (Å²) in [6.07, 6.45) is 26.2. The van der Waals surface area contributed by atoms with Gasteiger partial charge in [0, 0.05) is 37.8 Å². The fourth-order valence-corrected chi connectivity index (χ4v) is 6.74. The van der Waals surface area contributed by atoms with Crippen LogP contribution in [0.5, 0.6) is 0 Å². The maximum absolute atomic E-state index is 2.75. The van der Waals surface area contributed by atoms with E-state index in [1.807, 2.05) is 0 Å². The van der Waals surface area contributed by atoms with E-state index >= 15 is 0 Å². The van der Waals surface area contributed by atoms with Gasteiger partial charge < -0.3 is 9.80 Å². The molecule has 0 aliphatic carbocycles. The minimum Gasteiger partial charge on any atom is -0.353 e. The molecule has 1 aliphatic heterocycles. The number of unbranched alkanes of at least 4 members (excludes halogenated alkanes) is 12. The third-order valence-electron chi connectivity index (χ3n) is 8.90. The number of rotatable bonds is 21. The lowest BCUT2D eigenvalue weighted by molar-refractivity contribution is -0.00373. The van der Waals surface area contributed by atoms with Crippen LogP contribution < -0.4 is 0 Å². The molecule has 0 saturated carbocycles. The first-order valence-electron chi connectivity index (χ1n) is 16.6. The van der Waals surface area contributed by atoms with Crippen LogP contribution in [0.3, 0.4) is 0 Å². The maximum atomic E-state index is 2.75. The van der Waals surface area contributed by atoms with Gasteiger partial charge in [0.05, 0.1) is 0 Å². The fraction of sp³-hybridized carbons (Fsp3) is 0.622. The Morgan fingerprint density at radius 2 is 0.974 bits per heavy atom. The summed E-state index contributed by atoms with van der Waals surface area (Å²) in [7, 11) is 0. The van der Waals surface area contributed by atoms with Crippen molar-refractivity contribution in [3.05, 3.63) is 84.2 Å². The molecule has 2 aromatic rings. The zero-order valence-electron chi connectivity index (χ0n) is 25.6. The van der Waals surface area contributed by atoms with Crippen molar-refractivity contribution in [3.63, 3.8) is 0 Å². The summed E-state index contributed by atoms with van der Waals surface area (Å²) in [5, 5.41) is 0. The highest BCUT2D eigenvalue weighted by molar-refractivity contribution is 5.30. The molecule has 1 aliphatic rings. The van der Waals surface area contributed by atoms with E-state index in [0.717, 1.165) is 25.9 Å². The van der Waals surface area contributed by atoms with Crippen molar-refractivity contribution in [2.24, 2.45) is 0 Å². The first-order valence-corrected chi connectivity index (χ1v) is 16.6. The van der Waals surface area contributed by atoms with Crippen molar-refractivity contribution in [1.29, 1.82) is 0 Å². The van der Waals surface area contributed by atoms with Crippen LogP contribution in [0.15, 0.2) is 73.1 Å². The smallest absolute Gasteiger partial charge is 0.123 e. The monoisotopic (exact) mass is 530 g/mol. The quantitative estimate of drug-likeness (QED) is 0.148. The minimum absolute atomic E-state index is 0.0519. The van der Waals surface area contributed by atoms with Crippen LogP contribution >= 0.6 is 0 Å². The molecule has 0 saturated heterocycles. The number of benzene rings is 2. The number of hydrogen-bond acceptors (Lipinski definition) is 2. The van der Waals surface area contributed by atoms with Gasteiger partial charge in [-0.3, -0.25) is 0 Å². The predicted octanol–water partition coefficient (Wildman–Crippen LogP) is 10.7. The van der Waals surface area contributed by atoms with E-state index in [4.69, 9.17) is 0 Å². The molecule has 2 atom stereocenters. The minimum atomic E-state index is -0.0519. The van der Waals surface area contributed by atoms with Gasteiger partial charge in [0.25, 0.3) is 0 Å². The Morgan fingerprint density at radius 3 is 1.49 bits per heavy atom. The summed E-state index contributed by atoms with van der Waals surface area (Å²) in [6, 6.07) is 22.6. The van der Waals surface area contributed by atoms with Gasteiger partial charge in [0.2, 0.25) is 0 Å². The van der Waals surface area contributed by atoms with Crippen LogP contribution in [0.1, 0.15) is 134 Å².